The molecule has 1 amide bonds. The Morgan fingerprint density at radius 2 is 2.14 bits per heavy atom. The van der Waals surface area contributed by atoms with E-state index in [9.17, 15) is 13.2 Å². The van der Waals surface area contributed by atoms with E-state index in [4.69, 9.17) is 9.72 Å². The van der Waals surface area contributed by atoms with Crippen LogP contribution in [0, 0.1) is 6.92 Å². The molecule has 2 aromatic rings. The van der Waals surface area contributed by atoms with E-state index in [1.54, 1.807) is 4.90 Å². The lowest BCUT2D eigenvalue weighted by molar-refractivity contribution is -0.123. The van der Waals surface area contributed by atoms with Gasteiger partial charge in [0.15, 0.2) is 5.13 Å². The van der Waals surface area contributed by atoms with Crippen molar-refractivity contribution in [1.82, 2.24) is 9.29 Å². The lowest BCUT2D eigenvalue weighted by atomic mass is 10.0. The molecule has 0 spiro atoms. The molecule has 2 atom stereocenters. The van der Waals surface area contributed by atoms with E-state index < -0.39 is 16.1 Å². The number of aromatic nitrogens is 1. The van der Waals surface area contributed by atoms with Gasteiger partial charge in [-0.1, -0.05) is 29.9 Å². The number of hydrogen-bond acceptors (Lipinski definition) is 6. The monoisotopic (exact) mass is 437 g/mol. The molecule has 2 fully saturated rings. The standard InChI is InChI=1S/C20H27N3O4S2/c1-14-7-5-10-17-18(14)21-20(28-17)22(13-15-8-6-12-27-15)19(24)16-9-3-4-11-23(16)29(2,25)26/h5,7,10,15-16H,3-4,6,8-9,11-13H2,1-2H3/t15-,16-/m1/s1. The van der Waals surface area contributed by atoms with Crippen LogP contribution in [-0.4, -0.2) is 61.7 Å². The summed E-state index contributed by atoms with van der Waals surface area (Å²) in [7, 11) is -3.46. The maximum absolute atomic E-state index is 13.6. The second-order valence-corrected chi connectivity index (χ2v) is 10.8. The predicted octanol–water partition coefficient (Wildman–Crippen LogP) is 2.93. The van der Waals surface area contributed by atoms with Crippen LogP contribution in [0.4, 0.5) is 5.13 Å². The fraction of sp³-hybridized carbons (Fsp3) is 0.600. The van der Waals surface area contributed by atoms with Crippen molar-refractivity contribution in [1.29, 1.82) is 0 Å². The van der Waals surface area contributed by atoms with Crippen molar-refractivity contribution in [3.63, 3.8) is 0 Å². The number of amides is 1. The van der Waals surface area contributed by atoms with Gasteiger partial charge in [0.05, 0.1) is 29.1 Å². The SMILES string of the molecule is Cc1cccc2sc(N(C[C@H]3CCCO3)C(=O)[C@H]3CCCCN3S(C)(=O)=O)nc12. The summed E-state index contributed by atoms with van der Waals surface area (Å²) < 4.78 is 32.8. The Balaban J connectivity index is 1.70. The van der Waals surface area contributed by atoms with Crippen molar-refractivity contribution in [3.8, 4) is 0 Å². The van der Waals surface area contributed by atoms with Crippen LogP contribution in [0.5, 0.6) is 0 Å². The fourth-order valence-corrected chi connectivity index (χ4v) is 6.35. The minimum absolute atomic E-state index is 0.0395. The first-order valence-electron chi connectivity index (χ1n) is 10.1. The highest BCUT2D eigenvalue weighted by Gasteiger charge is 2.39. The van der Waals surface area contributed by atoms with Gasteiger partial charge in [-0.25, -0.2) is 13.4 Å². The van der Waals surface area contributed by atoms with Crippen LogP contribution in [0.15, 0.2) is 18.2 Å². The third kappa shape index (κ3) is 4.33. The Bertz CT molecular complexity index is 998. The highest BCUT2D eigenvalue weighted by molar-refractivity contribution is 7.88. The Kier molecular flexibility index (Phi) is 5.92. The zero-order valence-electron chi connectivity index (χ0n) is 16.8. The van der Waals surface area contributed by atoms with Gasteiger partial charge in [0.2, 0.25) is 15.9 Å². The van der Waals surface area contributed by atoms with E-state index in [0.717, 1.165) is 41.5 Å². The third-order valence-electron chi connectivity index (χ3n) is 5.68. The van der Waals surface area contributed by atoms with Crippen LogP contribution in [0.2, 0.25) is 0 Å². The molecule has 0 radical (unpaired) electrons. The molecule has 2 aliphatic rings. The topological polar surface area (TPSA) is 79.8 Å². The second kappa shape index (κ2) is 8.29. The molecule has 9 heteroatoms. The lowest BCUT2D eigenvalue weighted by Gasteiger charge is -2.35. The summed E-state index contributed by atoms with van der Waals surface area (Å²) in [5, 5.41) is 0.619. The number of anilines is 1. The molecule has 1 aromatic heterocycles. The van der Waals surface area contributed by atoms with Crippen LogP contribution in [0.3, 0.4) is 0 Å². The van der Waals surface area contributed by atoms with E-state index in [1.165, 1.54) is 21.9 Å². The number of sulfonamides is 1. The highest BCUT2D eigenvalue weighted by Crippen LogP contribution is 2.33. The van der Waals surface area contributed by atoms with Crippen molar-refractivity contribution in [3.05, 3.63) is 23.8 Å². The Morgan fingerprint density at radius 1 is 1.31 bits per heavy atom. The van der Waals surface area contributed by atoms with Gasteiger partial charge in [0, 0.05) is 13.2 Å². The van der Waals surface area contributed by atoms with Gasteiger partial charge >= 0.3 is 0 Å². The molecular formula is C20H27N3O4S2. The predicted molar refractivity (Wildman–Crippen MR) is 115 cm³/mol. The number of fused-ring (bicyclic) bond motifs is 1. The first kappa shape index (κ1) is 20.7. The number of thiazole rings is 1. The van der Waals surface area contributed by atoms with E-state index in [2.05, 4.69) is 0 Å². The van der Waals surface area contributed by atoms with Gasteiger partial charge in [-0.15, -0.1) is 0 Å². The normalized spacial score (nSPS) is 23.5. The van der Waals surface area contributed by atoms with Gasteiger partial charge in [0.25, 0.3) is 0 Å². The van der Waals surface area contributed by atoms with Gasteiger partial charge in [-0.3, -0.25) is 9.69 Å². The molecule has 7 nitrogen and oxygen atoms in total. The summed E-state index contributed by atoms with van der Waals surface area (Å²) in [5.74, 6) is -0.192. The van der Waals surface area contributed by atoms with Crippen molar-refractivity contribution >= 4 is 42.6 Å². The highest BCUT2D eigenvalue weighted by atomic mass is 32.2. The molecule has 0 aliphatic carbocycles. The molecule has 2 aliphatic heterocycles. The minimum Gasteiger partial charge on any atom is -0.376 e. The third-order valence-corrected chi connectivity index (χ3v) is 8.01. The van der Waals surface area contributed by atoms with E-state index in [-0.39, 0.29) is 12.0 Å². The van der Waals surface area contributed by atoms with Crippen molar-refractivity contribution < 1.29 is 17.9 Å². The number of carbonyl (C=O) groups excluding carboxylic acids is 1. The molecule has 3 heterocycles. The zero-order chi connectivity index (χ0) is 20.6. The van der Waals surface area contributed by atoms with E-state index >= 15 is 0 Å². The summed E-state index contributed by atoms with van der Waals surface area (Å²) in [5.41, 5.74) is 1.95. The molecule has 29 heavy (non-hydrogen) atoms. The average Bonchev–Trinajstić information content (AvgIpc) is 3.35. The molecule has 0 bridgehead atoms. The van der Waals surface area contributed by atoms with Crippen molar-refractivity contribution in [2.24, 2.45) is 0 Å². The van der Waals surface area contributed by atoms with Gasteiger partial charge < -0.3 is 4.74 Å². The minimum atomic E-state index is -3.46. The Morgan fingerprint density at radius 3 is 2.83 bits per heavy atom. The quantitative estimate of drug-likeness (QED) is 0.719. The van der Waals surface area contributed by atoms with Crippen molar-refractivity contribution in [2.45, 2.75) is 51.2 Å². The maximum Gasteiger partial charge on any atom is 0.247 e. The van der Waals surface area contributed by atoms with Crippen LogP contribution in [-0.2, 0) is 19.6 Å². The Labute approximate surface area is 175 Å². The fourth-order valence-electron chi connectivity index (χ4n) is 4.17. The zero-order valence-corrected chi connectivity index (χ0v) is 18.5. The van der Waals surface area contributed by atoms with Gasteiger partial charge in [-0.05, 0) is 44.2 Å². The molecule has 1 aromatic carbocycles. The molecule has 0 unspecified atom stereocenters. The molecule has 158 valence electrons. The van der Waals surface area contributed by atoms with E-state index in [0.29, 0.717) is 31.2 Å². The number of ether oxygens (including phenoxy) is 1. The number of nitrogens with zero attached hydrogens (tertiary/aromatic N) is 3. The first-order valence-corrected chi connectivity index (χ1v) is 12.8. The van der Waals surface area contributed by atoms with Crippen LogP contribution >= 0.6 is 11.3 Å². The number of benzene rings is 1. The summed E-state index contributed by atoms with van der Waals surface area (Å²) in [6.07, 6.45) is 5.18. The van der Waals surface area contributed by atoms with Gasteiger partial charge in [0.1, 0.15) is 6.04 Å². The summed E-state index contributed by atoms with van der Waals surface area (Å²) in [6, 6.07) is 5.32. The smallest absolute Gasteiger partial charge is 0.247 e. The maximum atomic E-state index is 13.6. The molecule has 2 saturated heterocycles. The Hall–Kier alpha value is -1.55. The van der Waals surface area contributed by atoms with Crippen LogP contribution in [0.1, 0.15) is 37.7 Å². The summed E-state index contributed by atoms with van der Waals surface area (Å²) in [4.78, 5) is 20.1. The number of aryl methyl sites for hydroxylation is 1. The number of hydrogen-bond donors (Lipinski definition) is 0. The average molecular weight is 438 g/mol. The second-order valence-electron chi connectivity index (χ2n) is 7.89. The lowest BCUT2D eigenvalue weighted by Crippen LogP contribution is -2.54. The molecular weight excluding hydrogens is 410 g/mol. The van der Waals surface area contributed by atoms with Crippen molar-refractivity contribution in [2.75, 3.05) is 30.9 Å². The van der Waals surface area contributed by atoms with Crippen LogP contribution in [0.25, 0.3) is 10.2 Å². The summed E-state index contributed by atoms with van der Waals surface area (Å²) >= 11 is 1.47. The molecule has 0 saturated carbocycles. The van der Waals surface area contributed by atoms with Crippen LogP contribution < -0.4 is 4.90 Å². The molecule has 0 N–H and O–H groups in total. The van der Waals surface area contributed by atoms with Gasteiger partial charge in [-0.2, -0.15) is 4.31 Å². The number of piperidine rings is 1. The number of para-hydroxylation sites is 1. The number of rotatable bonds is 5. The number of carbonyl (C=O) groups is 1. The van der Waals surface area contributed by atoms with E-state index in [1.807, 2.05) is 25.1 Å². The largest absolute Gasteiger partial charge is 0.376 e. The molecule has 4 rings (SSSR count). The summed E-state index contributed by atoms with van der Waals surface area (Å²) in [6.45, 7) is 3.50. The first-order chi connectivity index (χ1) is 13.8.